The molecule has 2 aromatic rings. The van der Waals surface area contributed by atoms with Crippen LogP contribution in [0.5, 0.6) is 0 Å². The molecule has 1 aliphatic rings. The molecule has 0 bridgehead atoms. The Balaban J connectivity index is 1.67. The van der Waals surface area contributed by atoms with Gasteiger partial charge in [-0.25, -0.2) is 15.0 Å². The van der Waals surface area contributed by atoms with E-state index in [2.05, 4.69) is 15.0 Å². The third-order valence-corrected chi connectivity index (χ3v) is 4.26. The van der Waals surface area contributed by atoms with Crippen molar-refractivity contribution in [3.63, 3.8) is 0 Å². The van der Waals surface area contributed by atoms with Gasteiger partial charge in [0.15, 0.2) is 6.39 Å². The number of hydrogen-bond acceptors (Lipinski definition) is 7. The standard InChI is InChI=1S/C16H21N5O3/c1-11-6-13(18-9-17-11)21-5-4-16(23,8-21)7-20(3)15(22)14-12(2)19-10-24-14/h6,9-10,23H,4-5,7-8H2,1-3H3/t16-/m0/s1. The first-order valence-corrected chi connectivity index (χ1v) is 7.79. The van der Waals surface area contributed by atoms with Gasteiger partial charge in [-0.1, -0.05) is 0 Å². The highest BCUT2D eigenvalue weighted by atomic mass is 16.4. The van der Waals surface area contributed by atoms with E-state index in [4.69, 9.17) is 4.42 Å². The fraction of sp³-hybridized carbons (Fsp3) is 0.500. The summed E-state index contributed by atoms with van der Waals surface area (Å²) < 4.78 is 5.14. The van der Waals surface area contributed by atoms with Crippen LogP contribution in [0.25, 0.3) is 0 Å². The van der Waals surface area contributed by atoms with Crippen molar-refractivity contribution in [3.05, 3.63) is 35.9 Å². The van der Waals surface area contributed by atoms with Crippen LogP contribution in [0.4, 0.5) is 5.82 Å². The number of nitrogens with zero attached hydrogens (tertiary/aromatic N) is 5. The van der Waals surface area contributed by atoms with Gasteiger partial charge in [-0.15, -0.1) is 0 Å². The molecule has 1 amide bonds. The maximum atomic E-state index is 12.4. The summed E-state index contributed by atoms with van der Waals surface area (Å²) in [6.45, 7) is 4.92. The Morgan fingerprint density at radius 2 is 2.21 bits per heavy atom. The zero-order valence-corrected chi connectivity index (χ0v) is 14.1. The van der Waals surface area contributed by atoms with E-state index >= 15 is 0 Å². The number of aryl methyl sites for hydroxylation is 2. The fourth-order valence-electron chi connectivity index (χ4n) is 2.99. The second-order valence-electron chi connectivity index (χ2n) is 6.34. The molecule has 0 aromatic carbocycles. The van der Waals surface area contributed by atoms with Crippen LogP contribution < -0.4 is 4.90 Å². The normalized spacial score (nSPS) is 20.4. The molecule has 0 aliphatic carbocycles. The lowest BCUT2D eigenvalue weighted by molar-refractivity contribution is 0.0251. The number of aliphatic hydroxyl groups is 1. The number of carbonyl (C=O) groups is 1. The minimum Gasteiger partial charge on any atom is -0.438 e. The molecule has 3 heterocycles. The SMILES string of the molecule is Cc1cc(N2CC[C@](O)(CN(C)C(=O)c3ocnc3C)C2)ncn1. The predicted octanol–water partition coefficient (Wildman–Crippen LogP) is 0.795. The van der Waals surface area contributed by atoms with Gasteiger partial charge < -0.3 is 19.3 Å². The molecule has 1 saturated heterocycles. The molecule has 1 atom stereocenters. The van der Waals surface area contributed by atoms with E-state index in [0.717, 1.165) is 11.5 Å². The van der Waals surface area contributed by atoms with E-state index in [0.29, 0.717) is 25.2 Å². The Morgan fingerprint density at radius 1 is 1.42 bits per heavy atom. The summed E-state index contributed by atoms with van der Waals surface area (Å²) in [5.41, 5.74) is 0.434. The number of carbonyl (C=O) groups excluding carboxylic acids is 1. The molecular formula is C16H21N5O3. The van der Waals surface area contributed by atoms with Gasteiger partial charge in [0, 0.05) is 31.9 Å². The Kier molecular flexibility index (Phi) is 4.23. The predicted molar refractivity (Wildman–Crippen MR) is 86.7 cm³/mol. The lowest BCUT2D eigenvalue weighted by Crippen LogP contribution is -2.46. The maximum absolute atomic E-state index is 12.4. The summed E-state index contributed by atoms with van der Waals surface area (Å²) in [5.74, 6) is 0.718. The number of rotatable bonds is 4. The minimum absolute atomic E-state index is 0.211. The first-order chi connectivity index (χ1) is 11.4. The summed E-state index contributed by atoms with van der Waals surface area (Å²) in [6.07, 6.45) is 3.33. The van der Waals surface area contributed by atoms with E-state index in [1.54, 1.807) is 14.0 Å². The second kappa shape index (κ2) is 6.20. The van der Waals surface area contributed by atoms with Crippen molar-refractivity contribution in [1.29, 1.82) is 0 Å². The van der Waals surface area contributed by atoms with Crippen LogP contribution in [-0.2, 0) is 0 Å². The quantitative estimate of drug-likeness (QED) is 0.885. The van der Waals surface area contributed by atoms with Gasteiger partial charge >= 0.3 is 0 Å². The highest BCUT2D eigenvalue weighted by Gasteiger charge is 2.39. The summed E-state index contributed by atoms with van der Waals surface area (Å²) >= 11 is 0. The zero-order chi connectivity index (χ0) is 17.3. The molecule has 3 rings (SSSR count). The van der Waals surface area contributed by atoms with Gasteiger partial charge in [-0.3, -0.25) is 4.79 Å². The van der Waals surface area contributed by atoms with Crippen molar-refractivity contribution in [3.8, 4) is 0 Å². The number of amides is 1. The van der Waals surface area contributed by atoms with Gasteiger partial charge in [0.2, 0.25) is 5.76 Å². The topological polar surface area (TPSA) is 95.6 Å². The molecule has 0 radical (unpaired) electrons. The number of hydrogen-bond donors (Lipinski definition) is 1. The number of oxazole rings is 1. The van der Waals surface area contributed by atoms with E-state index in [1.807, 2.05) is 17.9 Å². The summed E-state index contributed by atoms with van der Waals surface area (Å²) in [5, 5.41) is 10.9. The molecule has 0 saturated carbocycles. The minimum atomic E-state index is -0.989. The molecule has 1 fully saturated rings. The summed E-state index contributed by atoms with van der Waals surface area (Å²) in [6, 6.07) is 1.89. The van der Waals surface area contributed by atoms with Crippen molar-refractivity contribution in [1.82, 2.24) is 19.9 Å². The molecule has 8 heteroatoms. The van der Waals surface area contributed by atoms with Gasteiger partial charge in [0.05, 0.1) is 12.2 Å². The molecule has 0 unspecified atom stereocenters. The van der Waals surface area contributed by atoms with Crippen molar-refractivity contribution < 1.29 is 14.3 Å². The second-order valence-corrected chi connectivity index (χ2v) is 6.34. The summed E-state index contributed by atoms with van der Waals surface area (Å²) in [7, 11) is 1.65. The Labute approximate surface area is 140 Å². The summed E-state index contributed by atoms with van der Waals surface area (Å²) in [4.78, 5) is 28.2. The van der Waals surface area contributed by atoms with Gasteiger partial charge in [-0.05, 0) is 20.3 Å². The van der Waals surface area contributed by atoms with Crippen LogP contribution in [-0.4, -0.2) is 63.1 Å². The Bertz CT molecular complexity index is 747. The fourth-order valence-corrected chi connectivity index (χ4v) is 2.99. The molecule has 24 heavy (non-hydrogen) atoms. The van der Waals surface area contributed by atoms with Gasteiger partial charge in [0.25, 0.3) is 5.91 Å². The van der Waals surface area contributed by atoms with E-state index in [-0.39, 0.29) is 18.2 Å². The number of likely N-dealkylation sites (N-methyl/N-ethyl adjacent to an activating group) is 1. The maximum Gasteiger partial charge on any atom is 0.291 e. The average Bonchev–Trinajstić information content (AvgIpc) is 3.13. The van der Waals surface area contributed by atoms with Crippen LogP contribution in [0.1, 0.15) is 28.4 Å². The highest BCUT2D eigenvalue weighted by Crippen LogP contribution is 2.26. The van der Waals surface area contributed by atoms with Crippen LogP contribution >= 0.6 is 0 Å². The largest absolute Gasteiger partial charge is 0.438 e. The van der Waals surface area contributed by atoms with Crippen molar-refractivity contribution in [2.45, 2.75) is 25.9 Å². The first-order valence-electron chi connectivity index (χ1n) is 7.79. The van der Waals surface area contributed by atoms with E-state index in [1.165, 1.54) is 17.6 Å². The average molecular weight is 331 g/mol. The van der Waals surface area contributed by atoms with Crippen LogP contribution in [0.2, 0.25) is 0 Å². The Hall–Kier alpha value is -2.48. The van der Waals surface area contributed by atoms with Crippen LogP contribution in [0.15, 0.2) is 23.2 Å². The van der Waals surface area contributed by atoms with E-state index in [9.17, 15) is 9.90 Å². The van der Waals surface area contributed by atoms with Crippen LogP contribution in [0.3, 0.4) is 0 Å². The highest BCUT2D eigenvalue weighted by molar-refractivity contribution is 5.92. The molecule has 128 valence electrons. The third-order valence-electron chi connectivity index (χ3n) is 4.26. The molecule has 1 aliphatic heterocycles. The Morgan fingerprint density at radius 3 is 2.88 bits per heavy atom. The van der Waals surface area contributed by atoms with Gasteiger partial charge in [-0.2, -0.15) is 0 Å². The smallest absolute Gasteiger partial charge is 0.291 e. The molecular weight excluding hydrogens is 310 g/mol. The monoisotopic (exact) mass is 331 g/mol. The van der Waals surface area contributed by atoms with Crippen molar-refractivity contribution in [2.24, 2.45) is 0 Å². The van der Waals surface area contributed by atoms with Crippen LogP contribution in [0, 0.1) is 13.8 Å². The zero-order valence-electron chi connectivity index (χ0n) is 14.1. The molecule has 0 spiro atoms. The molecule has 8 nitrogen and oxygen atoms in total. The molecule has 2 aromatic heterocycles. The van der Waals surface area contributed by atoms with E-state index < -0.39 is 5.60 Å². The van der Waals surface area contributed by atoms with Gasteiger partial charge in [0.1, 0.15) is 17.7 Å². The lowest BCUT2D eigenvalue weighted by atomic mass is 10.0. The first kappa shape index (κ1) is 16.4. The molecule has 1 N–H and O–H groups in total. The van der Waals surface area contributed by atoms with Crippen molar-refractivity contribution in [2.75, 3.05) is 31.6 Å². The number of anilines is 1. The number of β-amino-alcohol motifs (C(OH)–C–C–N with tert-alkyl or cyclic N) is 1. The third kappa shape index (κ3) is 3.23. The number of aromatic nitrogens is 3. The van der Waals surface area contributed by atoms with Crippen molar-refractivity contribution >= 4 is 11.7 Å². The lowest BCUT2D eigenvalue weighted by Gasteiger charge is -2.28.